The molecule has 108 valence electrons. The summed E-state index contributed by atoms with van der Waals surface area (Å²) in [6.45, 7) is 0.921. The minimum Gasteiger partial charge on any atom is -0.361 e. The van der Waals surface area contributed by atoms with Gasteiger partial charge in [-0.3, -0.25) is 0 Å². The smallest absolute Gasteiger partial charge is 0.130 e. The minimum absolute atomic E-state index is 0.340. The van der Waals surface area contributed by atoms with Crippen molar-refractivity contribution in [3.8, 4) is 0 Å². The molecule has 0 amide bonds. The molecule has 2 nitrogen and oxygen atoms in total. The van der Waals surface area contributed by atoms with Gasteiger partial charge >= 0.3 is 0 Å². The van der Waals surface area contributed by atoms with E-state index in [9.17, 15) is 8.78 Å². The topological polar surface area (TPSA) is 27.8 Å². The molecule has 0 radical (unpaired) electrons. The van der Waals surface area contributed by atoms with Gasteiger partial charge in [0.2, 0.25) is 0 Å². The lowest BCUT2D eigenvalue weighted by molar-refractivity contribution is 0.560. The van der Waals surface area contributed by atoms with Crippen LogP contribution in [0.25, 0.3) is 10.9 Å². The summed E-state index contributed by atoms with van der Waals surface area (Å²) < 4.78 is 26.3. The number of H-pyrrole nitrogens is 1. The van der Waals surface area contributed by atoms with Gasteiger partial charge in [-0.25, -0.2) is 8.78 Å². The molecule has 0 aliphatic heterocycles. The molecule has 0 aliphatic carbocycles. The Labute approximate surface area is 125 Å². The van der Waals surface area contributed by atoms with E-state index in [-0.39, 0.29) is 0 Å². The Morgan fingerprint density at radius 2 is 1.81 bits per heavy atom. The standard InChI is InChI=1S/C16H13ClF2N2/c17-12-2-4-14-11(9-21-16(14)5-12)8-20-7-10-1-3-13(18)6-15(10)19/h1-6,9,20-21H,7-8H2. The fourth-order valence-electron chi connectivity index (χ4n) is 2.30. The summed E-state index contributed by atoms with van der Waals surface area (Å²) in [7, 11) is 0. The second kappa shape index (κ2) is 5.84. The highest BCUT2D eigenvalue weighted by molar-refractivity contribution is 6.31. The minimum atomic E-state index is -0.565. The second-order valence-corrected chi connectivity index (χ2v) is 5.28. The Kier molecular flexibility index (Phi) is 3.90. The molecule has 0 bridgehead atoms. The van der Waals surface area contributed by atoms with Crippen molar-refractivity contribution in [1.82, 2.24) is 10.3 Å². The highest BCUT2D eigenvalue weighted by Gasteiger charge is 2.06. The Morgan fingerprint density at radius 1 is 1.00 bits per heavy atom. The van der Waals surface area contributed by atoms with Gasteiger partial charge in [0.15, 0.2) is 0 Å². The van der Waals surface area contributed by atoms with Crippen LogP contribution in [0, 0.1) is 11.6 Å². The maximum absolute atomic E-state index is 13.5. The number of fused-ring (bicyclic) bond motifs is 1. The van der Waals surface area contributed by atoms with Crippen molar-refractivity contribution in [2.45, 2.75) is 13.1 Å². The molecule has 1 heterocycles. The third-order valence-corrected chi connectivity index (χ3v) is 3.61. The summed E-state index contributed by atoms with van der Waals surface area (Å²) in [5.41, 5.74) is 2.48. The summed E-state index contributed by atoms with van der Waals surface area (Å²) in [6.07, 6.45) is 1.90. The highest BCUT2D eigenvalue weighted by atomic mass is 35.5. The lowest BCUT2D eigenvalue weighted by Gasteiger charge is -2.06. The van der Waals surface area contributed by atoms with E-state index in [4.69, 9.17) is 11.6 Å². The first kappa shape index (κ1) is 14.0. The van der Waals surface area contributed by atoms with E-state index in [0.717, 1.165) is 22.5 Å². The monoisotopic (exact) mass is 306 g/mol. The van der Waals surface area contributed by atoms with Crippen molar-refractivity contribution in [2.75, 3.05) is 0 Å². The molecule has 3 aromatic rings. The van der Waals surface area contributed by atoms with E-state index in [1.807, 2.05) is 24.4 Å². The molecule has 0 spiro atoms. The molecule has 0 unspecified atom stereocenters. The van der Waals surface area contributed by atoms with Crippen LogP contribution in [-0.2, 0) is 13.1 Å². The van der Waals surface area contributed by atoms with Crippen LogP contribution in [0.3, 0.4) is 0 Å². The Morgan fingerprint density at radius 3 is 2.62 bits per heavy atom. The van der Waals surface area contributed by atoms with Gasteiger partial charge in [-0.1, -0.05) is 23.7 Å². The van der Waals surface area contributed by atoms with Crippen LogP contribution < -0.4 is 5.32 Å². The number of halogens is 3. The molecule has 0 atom stereocenters. The second-order valence-electron chi connectivity index (χ2n) is 4.84. The van der Waals surface area contributed by atoms with E-state index in [0.29, 0.717) is 23.7 Å². The largest absolute Gasteiger partial charge is 0.361 e. The van der Waals surface area contributed by atoms with E-state index in [1.54, 1.807) is 0 Å². The van der Waals surface area contributed by atoms with Crippen molar-refractivity contribution in [1.29, 1.82) is 0 Å². The molecule has 0 saturated carbocycles. The number of nitrogens with one attached hydrogen (secondary N) is 2. The van der Waals surface area contributed by atoms with E-state index in [2.05, 4.69) is 10.3 Å². The molecule has 0 fully saturated rings. The fraction of sp³-hybridized carbons (Fsp3) is 0.125. The first-order chi connectivity index (χ1) is 10.1. The van der Waals surface area contributed by atoms with Gasteiger partial charge in [0, 0.05) is 46.8 Å². The number of hydrogen-bond donors (Lipinski definition) is 2. The average molecular weight is 307 g/mol. The zero-order valence-corrected chi connectivity index (χ0v) is 11.8. The highest BCUT2D eigenvalue weighted by Crippen LogP contribution is 2.22. The van der Waals surface area contributed by atoms with Crippen LogP contribution in [0.1, 0.15) is 11.1 Å². The third-order valence-electron chi connectivity index (χ3n) is 3.38. The quantitative estimate of drug-likeness (QED) is 0.735. The molecule has 21 heavy (non-hydrogen) atoms. The molecule has 2 aromatic carbocycles. The van der Waals surface area contributed by atoms with Gasteiger partial charge in [0.25, 0.3) is 0 Å². The number of rotatable bonds is 4. The normalized spacial score (nSPS) is 11.2. The van der Waals surface area contributed by atoms with Gasteiger partial charge < -0.3 is 10.3 Å². The Bertz CT molecular complexity index is 783. The van der Waals surface area contributed by atoms with Gasteiger partial charge in [-0.15, -0.1) is 0 Å². The summed E-state index contributed by atoms with van der Waals surface area (Å²) in [6, 6.07) is 9.25. The van der Waals surface area contributed by atoms with Crippen molar-refractivity contribution in [3.05, 3.63) is 70.4 Å². The molecular formula is C16H13ClF2N2. The zero-order valence-electron chi connectivity index (χ0n) is 11.1. The van der Waals surface area contributed by atoms with E-state index in [1.165, 1.54) is 12.1 Å². The maximum atomic E-state index is 13.5. The predicted octanol–water partition coefficient (Wildman–Crippen LogP) is 4.39. The van der Waals surface area contributed by atoms with Gasteiger partial charge in [-0.2, -0.15) is 0 Å². The van der Waals surface area contributed by atoms with Crippen LogP contribution in [0.15, 0.2) is 42.6 Å². The van der Waals surface area contributed by atoms with Crippen molar-refractivity contribution >= 4 is 22.5 Å². The van der Waals surface area contributed by atoms with Gasteiger partial charge in [0.1, 0.15) is 11.6 Å². The van der Waals surface area contributed by atoms with E-state index >= 15 is 0 Å². The summed E-state index contributed by atoms with van der Waals surface area (Å²) in [5, 5.41) is 4.91. The van der Waals surface area contributed by atoms with Crippen molar-refractivity contribution < 1.29 is 8.78 Å². The third kappa shape index (κ3) is 3.06. The Balaban J connectivity index is 1.69. The maximum Gasteiger partial charge on any atom is 0.130 e. The number of aromatic amines is 1. The molecule has 2 N–H and O–H groups in total. The van der Waals surface area contributed by atoms with Crippen molar-refractivity contribution in [2.24, 2.45) is 0 Å². The molecule has 0 aliphatic rings. The summed E-state index contributed by atoms with van der Waals surface area (Å²) in [5.74, 6) is -1.10. The fourth-order valence-corrected chi connectivity index (χ4v) is 2.47. The SMILES string of the molecule is Fc1ccc(CNCc2c[nH]c3cc(Cl)ccc23)c(F)c1. The number of hydrogen-bond acceptors (Lipinski definition) is 1. The number of benzene rings is 2. The molecule has 1 aromatic heterocycles. The van der Waals surface area contributed by atoms with Gasteiger partial charge in [0.05, 0.1) is 0 Å². The number of aromatic nitrogens is 1. The van der Waals surface area contributed by atoms with E-state index < -0.39 is 11.6 Å². The lowest BCUT2D eigenvalue weighted by Crippen LogP contribution is -2.13. The van der Waals surface area contributed by atoms with Crippen LogP contribution in [0.4, 0.5) is 8.78 Å². The first-order valence-corrected chi connectivity index (χ1v) is 6.91. The Hall–Kier alpha value is -1.91. The van der Waals surface area contributed by atoms with Crippen molar-refractivity contribution in [3.63, 3.8) is 0 Å². The summed E-state index contributed by atoms with van der Waals surface area (Å²) >= 11 is 5.93. The van der Waals surface area contributed by atoms with Crippen LogP contribution in [0.2, 0.25) is 5.02 Å². The van der Waals surface area contributed by atoms with Gasteiger partial charge in [-0.05, 0) is 23.8 Å². The molecular weight excluding hydrogens is 294 g/mol. The van der Waals surface area contributed by atoms with Crippen LogP contribution in [-0.4, -0.2) is 4.98 Å². The first-order valence-electron chi connectivity index (χ1n) is 6.53. The predicted molar refractivity (Wildman–Crippen MR) is 80.2 cm³/mol. The average Bonchev–Trinajstić information content (AvgIpc) is 2.83. The van der Waals surface area contributed by atoms with Crippen LogP contribution in [0.5, 0.6) is 0 Å². The molecule has 3 rings (SSSR count). The molecule has 5 heteroatoms. The summed E-state index contributed by atoms with van der Waals surface area (Å²) in [4.78, 5) is 3.15. The van der Waals surface area contributed by atoms with Crippen LogP contribution >= 0.6 is 11.6 Å². The lowest BCUT2D eigenvalue weighted by atomic mass is 10.1. The zero-order chi connectivity index (χ0) is 14.8. The molecule has 0 saturated heterocycles.